The SMILES string of the molecule is CNC(C)C(=O)NC(C)Cc1ccccc1. The van der Waals surface area contributed by atoms with Crippen molar-refractivity contribution in [2.45, 2.75) is 32.4 Å². The van der Waals surface area contributed by atoms with Crippen molar-refractivity contribution in [1.82, 2.24) is 10.6 Å². The first-order valence-corrected chi connectivity index (χ1v) is 5.65. The Morgan fingerprint density at radius 3 is 2.44 bits per heavy atom. The van der Waals surface area contributed by atoms with E-state index in [0.717, 1.165) is 6.42 Å². The number of carbonyl (C=O) groups is 1. The molecule has 0 aliphatic rings. The fraction of sp³-hybridized carbons (Fsp3) is 0.462. The van der Waals surface area contributed by atoms with Gasteiger partial charge in [-0.1, -0.05) is 30.3 Å². The summed E-state index contributed by atoms with van der Waals surface area (Å²) in [7, 11) is 1.78. The Balaban J connectivity index is 2.42. The van der Waals surface area contributed by atoms with Crippen LogP contribution in [-0.4, -0.2) is 25.0 Å². The topological polar surface area (TPSA) is 41.1 Å². The van der Waals surface area contributed by atoms with E-state index in [-0.39, 0.29) is 18.0 Å². The molecule has 1 aromatic carbocycles. The van der Waals surface area contributed by atoms with Crippen LogP contribution in [0.3, 0.4) is 0 Å². The highest BCUT2D eigenvalue weighted by Gasteiger charge is 2.12. The molecule has 0 heterocycles. The van der Waals surface area contributed by atoms with Crippen LogP contribution in [0.1, 0.15) is 19.4 Å². The molecule has 16 heavy (non-hydrogen) atoms. The zero-order valence-corrected chi connectivity index (χ0v) is 10.2. The minimum Gasteiger partial charge on any atom is -0.352 e. The van der Waals surface area contributed by atoms with E-state index in [1.807, 2.05) is 32.0 Å². The fourth-order valence-corrected chi connectivity index (χ4v) is 1.52. The fourth-order valence-electron chi connectivity index (χ4n) is 1.52. The minimum atomic E-state index is -0.141. The molecule has 1 rings (SSSR count). The molecule has 88 valence electrons. The third kappa shape index (κ3) is 4.03. The molecule has 2 N–H and O–H groups in total. The van der Waals surface area contributed by atoms with Crippen molar-refractivity contribution in [3.8, 4) is 0 Å². The highest BCUT2D eigenvalue weighted by molar-refractivity contribution is 5.81. The Bertz CT molecular complexity index is 324. The number of hydrogen-bond acceptors (Lipinski definition) is 2. The average Bonchev–Trinajstić information content (AvgIpc) is 2.29. The minimum absolute atomic E-state index is 0.0472. The first kappa shape index (κ1) is 12.7. The van der Waals surface area contributed by atoms with Crippen molar-refractivity contribution in [3.63, 3.8) is 0 Å². The van der Waals surface area contributed by atoms with Crippen LogP contribution in [0, 0.1) is 0 Å². The smallest absolute Gasteiger partial charge is 0.237 e. The van der Waals surface area contributed by atoms with E-state index in [0.29, 0.717) is 0 Å². The maximum Gasteiger partial charge on any atom is 0.237 e. The predicted molar refractivity (Wildman–Crippen MR) is 66.3 cm³/mol. The molecule has 2 unspecified atom stereocenters. The molecule has 2 atom stereocenters. The van der Waals surface area contributed by atoms with Gasteiger partial charge in [-0.15, -0.1) is 0 Å². The van der Waals surface area contributed by atoms with Crippen molar-refractivity contribution in [2.75, 3.05) is 7.05 Å². The number of amides is 1. The van der Waals surface area contributed by atoms with Gasteiger partial charge in [-0.3, -0.25) is 4.79 Å². The van der Waals surface area contributed by atoms with Gasteiger partial charge in [-0.2, -0.15) is 0 Å². The van der Waals surface area contributed by atoms with E-state index >= 15 is 0 Å². The van der Waals surface area contributed by atoms with Crippen LogP contribution in [-0.2, 0) is 11.2 Å². The summed E-state index contributed by atoms with van der Waals surface area (Å²) in [5, 5.41) is 5.90. The van der Waals surface area contributed by atoms with Crippen molar-refractivity contribution in [2.24, 2.45) is 0 Å². The largest absolute Gasteiger partial charge is 0.352 e. The number of rotatable bonds is 5. The van der Waals surface area contributed by atoms with E-state index < -0.39 is 0 Å². The Kier molecular flexibility index (Phi) is 4.99. The second-order valence-corrected chi connectivity index (χ2v) is 4.11. The number of likely N-dealkylation sites (N-methyl/N-ethyl adjacent to an activating group) is 1. The van der Waals surface area contributed by atoms with Gasteiger partial charge < -0.3 is 10.6 Å². The summed E-state index contributed by atoms with van der Waals surface area (Å²) >= 11 is 0. The van der Waals surface area contributed by atoms with E-state index in [1.165, 1.54) is 5.56 Å². The third-order valence-electron chi connectivity index (χ3n) is 2.60. The quantitative estimate of drug-likeness (QED) is 0.786. The summed E-state index contributed by atoms with van der Waals surface area (Å²) in [6.07, 6.45) is 0.864. The Morgan fingerprint density at radius 1 is 1.25 bits per heavy atom. The van der Waals surface area contributed by atoms with Crippen LogP contribution in [0.25, 0.3) is 0 Å². The van der Waals surface area contributed by atoms with Crippen molar-refractivity contribution in [3.05, 3.63) is 35.9 Å². The third-order valence-corrected chi connectivity index (χ3v) is 2.60. The van der Waals surface area contributed by atoms with Gasteiger partial charge in [0.15, 0.2) is 0 Å². The summed E-state index contributed by atoms with van der Waals surface area (Å²) in [4.78, 5) is 11.6. The maximum absolute atomic E-state index is 11.6. The number of hydrogen-bond donors (Lipinski definition) is 2. The zero-order chi connectivity index (χ0) is 12.0. The lowest BCUT2D eigenvalue weighted by atomic mass is 10.1. The molecular weight excluding hydrogens is 200 g/mol. The summed E-state index contributed by atoms with van der Waals surface area (Å²) in [5.74, 6) is 0.0472. The second-order valence-electron chi connectivity index (χ2n) is 4.11. The molecule has 0 saturated carbocycles. The van der Waals surface area contributed by atoms with Crippen molar-refractivity contribution >= 4 is 5.91 Å². The van der Waals surface area contributed by atoms with Gasteiger partial charge in [0.2, 0.25) is 5.91 Å². The molecule has 0 aromatic heterocycles. The number of nitrogens with one attached hydrogen (secondary N) is 2. The lowest BCUT2D eigenvalue weighted by molar-refractivity contribution is -0.123. The lowest BCUT2D eigenvalue weighted by Gasteiger charge is -2.17. The van der Waals surface area contributed by atoms with Gasteiger partial charge in [-0.25, -0.2) is 0 Å². The van der Waals surface area contributed by atoms with Crippen molar-refractivity contribution in [1.29, 1.82) is 0 Å². The molecule has 0 radical (unpaired) electrons. The molecule has 0 saturated heterocycles. The Morgan fingerprint density at radius 2 is 1.88 bits per heavy atom. The Hall–Kier alpha value is -1.35. The number of benzene rings is 1. The predicted octanol–water partition coefficient (Wildman–Crippen LogP) is 1.34. The van der Waals surface area contributed by atoms with Gasteiger partial charge in [0, 0.05) is 6.04 Å². The standard InChI is InChI=1S/C13H20N2O/c1-10(15-13(16)11(2)14-3)9-12-7-5-4-6-8-12/h4-8,10-11,14H,9H2,1-3H3,(H,15,16). The second kappa shape index (κ2) is 6.28. The molecular formula is C13H20N2O. The summed E-state index contributed by atoms with van der Waals surface area (Å²) in [6.45, 7) is 3.87. The Labute approximate surface area is 97.2 Å². The van der Waals surface area contributed by atoms with Gasteiger partial charge >= 0.3 is 0 Å². The van der Waals surface area contributed by atoms with Gasteiger partial charge in [-0.05, 0) is 32.9 Å². The summed E-state index contributed by atoms with van der Waals surface area (Å²) < 4.78 is 0. The monoisotopic (exact) mass is 220 g/mol. The summed E-state index contributed by atoms with van der Waals surface area (Å²) in [6, 6.07) is 10.2. The summed E-state index contributed by atoms with van der Waals surface area (Å²) in [5.41, 5.74) is 1.24. The zero-order valence-electron chi connectivity index (χ0n) is 10.2. The van der Waals surface area contributed by atoms with Gasteiger partial charge in [0.25, 0.3) is 0 Å². The van der Waals surface area contributed by atoms with Crippen LogP contribution in [0.2, 0.25) is 0 Å². The maximum atomic E-state index is 11.6. The van der Waals surface area contributed by atoms with E-state index in [1.54, 1.807) is 7.05 Å². The van der Waals surface area contributed by atoms with E-state index in [4.69, 9.17) is 0 Å². The molecule has 0 bridgehead atoms. The first-order chi connectivity index (χ1) is 7.63. The number of carbonyl (C=O) groups excluding carboxylic acids is 1. The normalized spacial score (nSPS) is 14.2. The first-order valence-electron chi connectivity index (χ1n) is 5.65. The lowest BCUT2D eigenvalue weighted by Crippen LogP contribution is -2.44. The molecule has 0 fully saturated rings. The van der Waals surface area contributed by atoms with E-state index in [2.05, 4.69) is 22.8 Å². The van der Waals surface area contributed by atoms with Crippen LogP contribution < -0.4 is 10.6 Å². The highest BCUT2D eigenvalue weighted by atomic mass is 16.2. The highest BCUT2D eigenvalue weighted by Crippen LogP contribution is 2.02. The van der Waals surface area contributed by atoms with Crippen LogP contribution in [0.15, 0.2) is 30.3 Å². The molecule has 0 aliphatic carbocycles. The average molecular weight is 220 g/mol. The van der Waals surface area contributed by atoms with Crippen LogP contribution in [0.4, 0.5) is 0 Å². The van der Waals surface area contributed by atoms with Crippen LogP contribution >= 0.6 is 0 Å². The van der Waals surface area contributed by atoms with Gasteiger partial charge in [0.1, 0.15) is 0 Å². The molecule has 1 amide bonds. The molecule has 0 spiro atoms. The molecule has 1 aromatic rings. The molecule has 0 aliphatic heterocycles. The molecule has 3 nitrogen and oxygen atoms in total. The van der Waals surface area contributed by atoms with Gasteiger partial charge in [0.05, 0.1) is 6.04 Å². The molecule has 3 heteroatoms. The van der Waals surface area contributed by atoms with E-state index in [9.17, 15) is 4.79 Å². The van der Waals surface area contributed by atoms with Crippen LogP contribution in [0.5, 0.6) is 0 Å². The van der Waals surface area contributed by atoms with Crippen molar-refractivity contribution < 1.29 is 4.79 Å².